The van der Waals surface area contributed by atoms with Crippen LogP contribution in [0.1, 0.15) is 57.0 Å². The molecule has 1 atom stereocenters. The summed E-state index contributed by atoms with van der Waals surface area (Å²) in [7, 11) is 0. The zero-order chi connectivity index (χ0) is 21.0. The molecule has 0 aliphatic carbocycles. The summed E-state index contributed by atoms with van der Waals surface area (Å²) in [5.74, 6) is -0.00916. The number of furan rings is 1. The summed E-state index contributed by atoms with van der Waals surface area (Å²) in [5.41, 5.74) is -0.548. The van der Waals surface area contributed by atoms with Crippen LogP contribution in [-0.2, 0) is 9.53 Å². The van der Waals surface area contributed by atoms with Gasteiger partial charge in [0.1, 0.15) is 5.60 Å². The standard InChI is InChI=1S/C21H31N3O5/c1-21(2,3)29-20(27)24-10-4-6-15(14-24)18(25)22-16-8-11-23(12-9-16)19(26)17-7-5-13-28-17/h5,7,13,15-16H,4,6,8-12,14H2,1-3H3,(H,22,25). The molecule has 3 rings (SSSR count). The Balaban J connectivity index is 1.45. The number of piperidine rings is 2. The maximum Gasteiger partial charge on any atom is 0.410 e. The molecule has 0 saturated carbocycles. The zero-order valence-electron chi connectivity index (χ0n) is 17.5. The Morgan fingerprint density at radius 3 is 2.45 bits per heavy atom. The van der Waals surface area contributed by atoms with Crippen molar-refractivity contribution in [3.63, 3.8) is 0 Å². The van der Waals surface area contributed by atoms with Gasteiger partial charge < -0.3 is 24.3 Å². The molecule has 1 N–H and O–H groups in total. The van der Waals surface area contributed by atoms with Crippen LogP contribution in [0, 0.1) is 5.92 Å². The van der Waals surface area contributed by atoms with E-state index in [9.17, 15) is 14.4 Å². The lowest BCUT2D eigenvalue weighted by Gasteiger charge is -2.35. The molecule has 8 nitrogen and oxygen atoms in total. The molecule has 2 saturated heterocycles. The highest BCUT2D eigenvalue weighted by Crippen LogP contribution is 2.21. The molecule has 0 aromatic carbocycles. The minimum atomic E-state index is -0.548. The molecule has 8 heteroatoms. The number of ether oxygens (including phenoxy) is 1. The second-order valence-electron chi connectivity index (χ2n) is 8.82. The summed E-state index contributed by atoms with van der Waals surface area (Å²) in [4.78, 5) is 40.7. The Morgan fingerprint density at radius 1 is 1.10 bits per heavy atom. The number of amides is 3. The Morgan fingerprint density at radius 2 is 1.83 bits per heavy atom. The third kappa shape index (κ3) is 5.74. The Hall–Kier alpha value is -2.51. The van der Waals surface area contributed by atoms with Gasteiger partial charge in [-0.3, -0.25) is 9.59 Å². The molecule has 0 bridgehead atoms. The SMILES string of the molecule is CC(C)(C)OC(=O)N1CCCC(C(=O)NC2CCN(C(=O)c3ccco3)CC2)C1. The molecule has 3 amide bonds. The van der Waals surface area contributed by atoms with E-state index < -0.39 is 5.60 Å². The van der Waals surface area contributed by atoms with Crippen molar-refractivity contribution >= 4 is 17.9 Å². The van der Waals surface area contributed by atoms with Gasteiger partial charge in [0.2, 0.25) is 5.91 Å². The van der Waals surface area contributed by atoms with Crippen molar-refractivity contribution in [2.45, 2.75) is 58.1 Å². The van der Waals surface area contributed by atoms with Gasteiger partial charge in [-0.1, -0.05) is 0 Å². The van der Waals surface area contributed by atoms with Gasteiger partial charge in [0.15, 0.2) is 5.76 Å². The molecule has 3 heterocycles. The predicted octanol–water partition coefficient (Wildman–Crippen LogP) is 2.65. The van der Waals surface area contributed by atoms with Gasteiger partial charge in [-0.15, -0.1) is 0 Å². The number of rotatable bonds is 3. The van der Waals surface area contributed by atoms with Gasteiger partial charge in [0.05, 0.1) is 12.2 Å². The van der Waals surface area contributed by atoms with Crippen LogP contribution in [0.5, 0.6) is 0 Å². The maximum atomic E-state index is 12.7. The first-order valence-electron chi connectivity index (χ1n) is 10.3. The Labute approximate surface area is 171 Å². The molecule has 2 aliphatic rings. The minimum absolute atomic E-state index is 0.0194. The number of nitrogens with one attached hydrogen (secondary N) is 1. The van der Waals surface area contributed by atoms with Gasteiger partial charge >= 0.3 is 6.09 Å². The molecule has 1 aromatic heterocycles. The fraction of sp³-hybridized carbons (Fsp3) is 0.667. The van der Waals surface area contributed by atoms with Crippen LogP contribution in [0.3, 0.4) is 0 Å². The molecule has 1 unspecified atom stereocenters. The van der Waals surface area contributed by atoms with E-state index in [1.165, 1.54) is 6.26 Å². The van der Waals surface area contributed by atoms with E-state index >= 15 is 0 Å². The second kappa shape index (κ2) is 8.88. The first kappa shape index (κ1) is 21.2. The molecule has 1 aromatic rings. The first-order chi connectivity index (χ1) is 13.7. The summed E-state index contributed by atoms with van der Waals surface area (Å²) in [6, 6.07) is 3.40. The van der Waals surface area contributed by atoms with Crippen LogP contribution in [0.2, 0.25) is 0 Å². The molecule has 29 heavy (non-hydrogen) atoms. The highest BCUT2D eigenvalue weighted by Gasteiger charge is 2.33. The van der Waals surface area contributed by atoms with Crippen molar-refractivity contribution in [3.8, 4) is 0 Å². The van der Waals surface area contributed by atoms with Gasteiger partial charge in [-0.05, 0) is 58.6 Å². The third-order valence-electron chi connectivity index (χ3n) is 5.30. The van der Waals surface area contributed by atoms with E-state index in [2.05, 4.69) is 5.32 Å². The molecule has 160 valence electrons. The summed E-state index contributed by atoms with van der Waals surface area (Å²) < 4.78 is 10.6. The van der Waals surface area contributed by atoms with Crippen LogP contribution >= 0.6 is 0 Å². The highest BCUT2D eigenvalue weighted by atomic mass is 16.6. The van der Waals surface area contributed by atoms with Gasteiger partial charge in [0.25, 0.3) is 5.91 Å². The van der Waals surface area contributed by atoms with Crippen molar-refractivity contribution in [1.29, 1.82) is 0 Å². The number of hydrogen-bond acceptors (Lipinski definition) is 5. The molecule has 2 aliphatic heterocycles. The molecule has 0 spiro atoms. The van der Waals surface area contributed by atoms with Crippen molar-refractivity contribution in [2.24, 2.45) is 5.92 Å². The summed E-state index contributed by atoms with van der Waals surface area (Å²) in [6.45, 7) is 7.67. The van der Waals surface area contributed by atoms with Crippen LogP contribution < -0.4 is 5.32 Å². The maximum absolute atomic E-state index is 12.7. The van der Waals surface area contributed by atoms with Gasteiger partial charge in [-0.25, -0.2) is 4.79 Å². The molecule has 0 radical (unpaired) electrons. The van der Waals surface area contributed by atoms with Crippen LogP contribution in [0.4, 0.5) is 4.79 Å². The van der Waals surface area contributed by atoms with Crippen LogP contribution in [0.15, 0.2) is 22.8 Å². The summed E-state index contributed by atoms with van der Waals surface area (Å²) in [6.07, 6.45) is 4.10. The lowest BCUT2D eigenvalue weighted by atomic mass is 9.96. The normalized spacial score (nSPS) is 21.0. The van der Waals surface area contributed by atoms with E-state index in [4.69, 9.17) is 9.15 Å². The lowest BCUT2D eigenvalue weighted by molar-refractivity contribution is -0.127. The molecular formula is C21H31N3O5. The number of hydrogen-bond donors (Lipinski definition) is 1. The van der Waals surface area contributed by atoms with E-state index in [1.807, 2.05) is 20.8 Å². The van der Waals surface area contributed by atoms with Gasteiger partial charge in [-0.2, -0.15) is 0 Å². The van der Waals surface area contributed by atoms with E-state index in [1.54, 1.807) is 21.9 Å². The van der Waals surface area contributed by atoms with E-state index in [0.29, 0.717) is 44.8 Å². The zero-order valence-corrected chi connectivity index (χ0v) is 17.5. The minimum Gasteiger partial charge on any atom is -0.459 e. The van der Waals surface area contributed by atoms with Crippen molar-refractivity contribution in [2.75, 3.05) is 26.2 Å². The highest BCUT2D eigenvalue weighted by molar-refractivity contribution is 5.91. The van der Waals surface area contributed by atoms with Crippen LogP contribution in [-0.4, -0.2) is 65.5 Å². The lowest BCUT2D eigenvalue weighted by Crippen LogP contribution is -2.51. The topological polar surface area (TPSA) is 92.1 Å². The fourth-order valence-electron chi connectivity index (χ4n) is 3.79. The second-order valence-corrected chi connectivity index (χ2v) is 8.82. The molecule has 2 fully saturated rings. The fourth-order valence-corrected chi connectivity index (χ4v) is 3.79. The number of carbonyl (C=O) groups excluding carboxylic acids is 3. The summed E-state index contributed by atoms with van der Waals surface area (Å²) >= 11 is 0. The summed E-state index contributed by atoms with van der Waals surface area (Å²) in [5, 5.41) is 3.11. The Kier molecular flexibility index (Phi) is 6.49. The third-order valence-corrected chi connectivity index (χ3v) is 5.30. The largest absolute Gasteiger partial charge is 0.459 e. The average molecular weight is 405 g/mol. The average Bonchev–Trinajstić information content (AvgIpc) is 3.21. The van der Waals surface area contributed by atoms with Crippen molar-refractivity contribution < 1.29 is 23.5 Å². The van der Waals surface area contributed by atoms with Crippen molar-refractivity contribution in [1.82, 2.24) is 15.1 Å². The monoisotopic (exact) mass is 405 g/mol. The number of likely N-dealkylation sites (tertiary alicyclic amines) is 2. The first-order valence-corrected chi connectivity index (χ1v) is 10.3. The molecular weight excluding hydrogens is 374 g/mol. The Bertz CT molecular complexity index is 717. The number of carbonyl (C=O) groups is 3. The predicted molar refractivity (Wildman–Crippen MR) is 106 cm³/mol. The quantitative estimate of drug-likeness (QED) is 0.835. The van der Waals surface area contributed by atoms with E-state index in [-0.39, 0.29) is 29.9 Å². The smallest absolute Gasteiger partial charge is 0.410 e. The van der Waals surface area contributed by atoms with E-state index in [0.717, 1.165) is 12.8 Å². The number of nitrogens with zero attached hydrogens (tertiary/aromatic N) is 2. The van der Waals surface area contributed by atoms with Crippen molar-refractivity contribution in [3.05, 3.63) is 24.2 Å². The van der Waals surface area contributed by atoms with Gasteiger partial charge in [0, 0.05) is 32.2 Å². The van der Waals surface area contributed by atoms with Crippen LogP contribution in [0.25, 0.3) is 0 Å².